The molecule has 1 aliphatic heterocycles. The Hall–Kier alpha value is -1.78. The zero-order valence-corrected chi connectivity index (χ0v) is 23.9. The second-order valence-corrected chi connectivity index (χ2v) is 11.9. The minimum Gasteiger partial charge on any atom is -0.479 e. The molecule has 3 rings (SSSR count). The van der Waals surface area contributed by atoms with Crippen molar-refractivity contribution in [1.82, 2.24) is 0 Å². The van der Waals surface area contributed by atoms with Crippen molar-refractivity contribution in [2.45, 2.75) is 91.2 Å². The summed E-state index contributed by atoms with van der Waals surface area (Å²) in [6.45, 7) is 13.5. The van der Waals surface area contributed by atoms with Crippen LogP contribution in [0.2, 0.25) is 0 Å². The van der Waals surface area contributed by atoms with E-state index in [0.717, 1.165) is 31.6 Å². The predicted octanol–water partition coefficient (Wildman–Crippen LogP) is 7.78. The summed E-state index contributed by atoms with van der Waals surface area (Å²) < 4.78 is 23.6. The number of rotatable bonds is 14. The molecule has 0 spiro atoms. The summed E-state index contributed by atoms with van der Waals surface area (Å²) in [5.41, 5.74) is 4.74. The quantitative estimate of drug-likeness (QED) is 0.191. The summed E-state index contributed by atoms with van der Waals surface area (Å²) in [4.78, 5) is 4.83. The van der Waals surface area contributed by atoms with Crippen molar-refractivity contribution in [3.05, 3.63) is 70.8 Å². The number of aliphatic imine (C=N–C) groups is 1. The molecule has 5 nitrogen and oxygen atoms in total. The Morgan fingerprint density at radius 3 is 1.92 bits per heavy atom. The third-order valence-electron chi connectivity index (χ3n) is 6.17. The fraction of sp³-hybridized carbons (Fsp3) is 0.567. The molecule has 0 fully saturated rings. The van der Waals surface area contributed by atoms with Gasteiger partial charge >= 0.3 is 8.60 Å². The molecule has 0 bridgehead atoms. The maximum absolute atomic E-state index is 6.13. The number of aryl methyl sites for hydroxylation is 4. The van der Waals surface area contributed by atoms with E-state index in [4.69, 9.17) is 23.3 Å². The Balaban J connectivity index is 1.48. The molecule has 198 valence electrons. The molecule has 2 aromatic carbocycles. The minimum atomic E-state index is -1.43. The molecule has 36 heavy (non-hydrogen) atoms. The summed E-state index contributed by atoms with van der Waals surface area (Å²) >= 11 is 0. The lowest BCUT2D eigenvalue weighted by Gasteiger charge is -2.29. The van der Waals surface area contributed by atoms with Crippen molar-refractivity contribution in [3.63, 3.8) is 0 Å². The molecule has 6 heteroatoms. The van der Waals surface area contributed by atoms with E-state index in [0.29, 0.717) is 19.8 Å². The van der Waals surface area contributed by atoms with E-state index < -0.39 is 14.1 Å². The van der Waals surface area contributed by atoms with Gasteiger partial charge in [-0.25, -0.2) is 4.99 Å². The molecular weight excluding hydrogens is 469 g/mol. The Morgan fingerprint density at radius 2 is 1.42 bits per heavy atom. The Bertz CT molecular complexity index is 952. The van der Waals surface area contributed by atoms with Gasteiger partial charge in [0.25, 0.3) is 0 Å². The van der Waals surface area contributed by atoms with E-state index in [2.05, 4.69) is 55.5 Å². The van der Waals surface area contributed by atoms with Gasteiger partial charge in [-0.3, -0.25) is 0 Å². The molecule has 1 aliphatic rings. The van der Waals surface area contributed by atoms with E-state index in [1.165, 1.54) is 35.1 Å². The van der Waals surface area contributed by atoms with Gasteiger partial charge in [-0.15, -0.1) is 0 Å². The molecule has 2 aromatic rings. The molecule has 0 saturated heterocycles. The summed E-state index contributed by atoms with van der Waals surface area (Å²) in [6, 6.07) is 18.0. The first-order valence-corrected chi connectivity index (χ1v) is 14.3. The highest BCUT2D eigenvalue weighted by molar-refractivity contribution is 7.41. The summed E-state index contributed by atoms with van der Waals surface area (Å²) in [6.07, 6.45) is 6.47. The van der Waals surface area contributed by atoms with E-state index >= 15 is 0 Å². The second kappa shape index (κ2) is 13.7. The zero-order valence-electron chi connectivity index (χ0n) is 23.0. The molecule has 0 amide bonds. The fourth-order valence-electron chi connectivity index (χ4n) is 4.17. The van der Waals surface area contributed by atoms with Crippen molar-refractivity contribution in [3.8, 4) is 0 Å². The Labute approximate surface area is 219 Å². The zero-order chi connectivity index (χ0) is 26.0. The number of hydrogen-bond acceptors (Lipinski definition) is 5. The van der Waals surface area contributed by atoms with Crippen LogP contribution in [-0.2, 0) is 37.6 Å². The van der Waals surface area contributed by atoms with Crippen molar-refractivity contribution >= 4 is 14.5 Å². The van der Waals surface area contributed by atoms with E-state index in [-0.39, 0.29) is 5.60 Å². The van der Waals surface area contributed by atoms with Crippen molar-refractivity contribution < 1.29 is 18.3 Å². The molecule has 0 saturated carbocycles. The normalized spacial score (nSPS) is 18.7. The number of ether oxygens (including phenoxy) is 1. The van der Waals surface area contributed by atoms with Crippen LogP contribution in [0.3, 0.4) is 0 Å². The molecule has 2 unspecified atom stereocenters. The lowest BCUT2D eigenvalue weighted by atomic mass is 9.93. The van der Waals surface area contributed by atoms with Crippen LogP contribution in [0.1, 0.15) is 76.1 Å². The summed E-state index contributed by atoms with van der Waals surface area (Å²) in [5.74, 6) is 0.720. The Kier molecular flexibility index (Phi) is 10.9. The highest BCUT2D eigenvalue weighted by atomic mass is 31.2. The number of unbranched alkanes of at least 4 members (excludes halogenated alkanes) is 1. The second-order valence-electron chi connectivity index (χ2n) is 10.8. The van der Waals surface area contributed by atoms with Crippen LogP contribution in [0.15, 0.2) is 53.5 Å². The van der Waals surface area contributed by atoms with Crippen LogP contribution in [0.5, 0.6) is 0 Å². The van der Waals surface area contributed by atoms with Crippen LogP contribution >= 0.6 is 8.60 Å². The lowest BCUT2D eigenvalue weighted by molar-refractivity contribution is 0.0627. The van der Waals surface area contributed by atoms with Crippen molar-refractivity contribution in [2.24, 2.45) is 4.99 Å². The topological polar surface area (TPSA) is 49.3 Å². The monoisotopic (exact) mass is 513 g/mol. The van der Waals surface area contributed by atoms with Gasteiger partial charge < -0.3 is 18.3 Å². The first-order chi connectivity index (χ1) is 17.2. The van der Waals surface area contributed by atoms with E-state index in [1.54, 1.807) is 0 Å². The van der Waals surface area contributed by atoms with E-state index in [9.17, 15) is 0 Å². The number of nitrogens with zero attached hydrogens (tertiary/aromatic N) is 1. The largest absolute Gasteiger partial charge is 0.479 e. The molecule has 0 N–H and O–H groups in total. The third kappa shape index (κ3) is 9.94. The summed E-state index contributed by atoms with van der Waals surface area (Å²) in [5, 5.41) is 0. The summed E-state index contributed by atoms with van der Waals surface area (Å²) in [7, 11) is -1.43. The van der Waals surface area contributed by atoms with Gasteiger partial charge in [0.05, 0.1) is 18.8 Å². The van der Waals surface area contributed by atoms with Gasteiger partial charge in [-0.05, 0) is 89.8 Å². The maximum atomic E-state index is 6.13. The van der Waals surface area contributed by atoms with Crippen LogP contribution < -0.4 is 0 Å². The molecule has 2 atom stereocenters. The third-order valence-corrected chi connectivity index (χ3v) is 7.68. The smallest absolute Gasteiger partial charge is 0.333 e. The van der Waals surface area contributed by atoms with Crippen LogP contribution in [0.4, 0.5) is 0 Å². The van der Waals surface area contributed by atoms with Crippen LogP contribution in [-0.4, -0.2) is 36.9 Å². The van der Waals surface area contributed by atoms with Gasteiger partial charge in [0.1, 0.15) is 12.1 Å². The first kappa shape index (κ1) is 28.8. The minimum absolute atomic E-state index is 0.332. The fourth-order valence-corrected chi connectivity index (χ4v) is 5.35. The van der Waals surface area contributed by atoms with Gasteiger partial charge in [-0.2, -0.15) is 0 Å². The number of benzene rings is 2. The van der Waals surface area contributed by atoms with Crippen molar-refractivity contribution in [2.75, 3.05) is 19.8 Å². The maximum Gasteiger partial charge on any atom is 0.333 e. The predicted molar refractivity (Wildman–Crippen MR) is 150 cm³/mol. The molecular formula is C30H44NO4P. The molecule has 0 aromatic heterocycles. The molecule has 0 aliphatic carbocycles. The molecule has 1 heterocycles. The lowest BCUT2D eigenvalue weighted by Crippen LogP contribution is -2.35. The van der Waals surface area contributed by atoms with Gasteiger partial charge in [0.2, 0.25) is 0 Å². The highest BCUT2D eigenvalue weighted by Crippen LogP contribution is 2.45. The van der Waals surface area contributed by atoms with Crippen molar-refractivity contribution in [1.29, 1.82) is 0 Å². The van der Waals surface area contributed by atoms with Crippen LogP contribution in [0.25, 0.3) is 0 Å². The highest BCUT2D eigenvalue weighted by Gasteiger charge is 2.37. The average molecular weight is 514 g/mol. The molecule has 0 radical (unpaired) electrons. The van der Waals surface area contributed by atoms with Gasteiger partial charge in [0.15, 0.2) is 5.90 Å². The van der Waals surface area contributed by atoms with Gasteiger partial charge in [-0.1, -0.05) is 54.1 Å². The average Bonchev–Trinajstić information content (AvgIpc) is 3.21. The SMILES string of the molecule is CCOP(OCC1(CCc2ccc(CCCCc3ccc(C)cc3)cc2)COC(C)=N1)OC(C)(C)C. The van der Waals surface area contributed by atoms with Crippen LogP contribution in [0, 0.1) is 6.92 Å². The number of hydrogen-bond donors (Lipinski definition) is 0. The van der Waals surface area contributed by atoms with Gasteiger partial charge in [0, 0.05) is 6.92 Å². The standard InChI is InChI=1S/C30H44NO4P/c1-7-33-36(35-29(4,5)6)34-23-30(22-32-25(3)31-30)21-20-28-18-16-27(17-19-28)11-9-8-10-26-14-12-24(2)13-15-26/h12-19H,7-11,20-23H2,1-6H3. The van der Waals surface area contributed by atoms with E-state index in [1.807, 2.05) is 34.6 Å². The Morgan fingerprint density at radius 1 is 0.861 bits per heavy atom. The first-order valence-electron chi connectivity index (χ1n) is 13.2.